The summed E-state index contributed by atoms with van der Waals surface area (Å²) in [5.74, 6) is 1.92. The molecule has 328 valence electrons. The molecule has 4 unspecified atom stereocenters. The second-order valence-electron chi connectivity index (χ2n) is 19.7. The minimum Gasteiger partial charge on any atom is -0.456 e. The highest BCUT2D eigenvalue weighted by Crippen LogP contribution is 2.46. The van der Waals surface area contributed by atoms with Gasteiger partial charge in [-0.05, 0) is 129 Å². The molecule has 0 saturated heterocycles. The summed E-state index contributed by atoms with van der Waals surface area (Å²) in [6.07, 6.45) is 49.1. The fraction of sp³-hybridized carbons (Fsp3) is 0.242. The number of aliphatic imine (C=N–C) groups is 1. The maximum absolute atomic E-state index is 6.66. The van der Waals surface area contributed by atoms with Crippen molar-refractivity contribution in [1.82, 2.24) is 9.13 Å². The lowest BCUT2D eigenvalue weighted by Crippen LogP contribution is -2.28. The third-order valence-electron chi connectivity index (χ3n) is 16.0. The van der Waals surface area contributed by atoms with Gasteiger partial charge in [-0.15, -0.1) is 0 Å². The van der Waals surface area contributed by atoms with E-state index in [1.54, 1.807) is 0 Å². The van der Waals surface area contributed by atoms with Gasteiger partial charge in [0.15, 0.2) is 0 Å². The molecule has 4 heterocycles. The highest BCUT2D eigenvalue weighted by molar-refractivity contribution is 6.21. The number of allylic oxidation sites excluding steroid dienone is 16. The Bertz CT molecular complexity index is 3440. The smallest absolute Gasteiger partial charge is 0.201 e. The van der Waals surface area contributed by atoms with Gasteiger partial charge in [0.1, 0.15) is 11.3 Å². The van der Waals surface area contributed by atoms with Crippen molar-refractivity contribution in [2.45, 2.75) is 83.0 Å². The number of nitrogens with one attached hydrogen (secondary N) is 1. The summed E-state index contributed by atoms with van der Waals surface area (Å²) in [6, 6.07) is 24.8. The van der Waals surface area contributed by atoms with E-state index < -0.39 is 0 Å². The van der Waals surface area contributed by atoms with Crippen molar-refractivity contribution in [3.8, 4) is 0 Å². The summed E-state index contributed by atoms with van der Waals surface area (Å²) in [5.41, 5.74) is 22.2. The van der Waals surface area contributed by atoms with Crippen LogP contribution >= 0.6 is 0 Å². The van der Waals surface area contributed by atoms with Gasteiger partial charge in [0, 0.05) is 84.3 Å². The predicted molar refractivity (Wildman–Crippen MR) is 277 cm³/mol. The number of rotatable bonds is 6. The minimum absolute atomic E-state index is 0.268. The molecule has 0 spiro atoms. The van der Waals surface area contributed by atoms with E-state index >= 15 is 0 Å². The van der Waals surface area contributed by atoms with E-state index in [4.69, 9.17) is 9.41 Å². The standard InChI is InChI=1S/C62H54N4O/c1-2-14-39(15-3-1)40-28-30-41(31-29-40)42-16-12-17-45(36-42)65-55-25-9-5-18-46(55)52-37-43(32-34-57(52)65)44-33-35-58-53(38-44)47-19-6-10-26-56(47)66(58)62-63-54-24-8-4-21-50(54)60(64-62)51-23-13-22-49-48-20-7-11-27-59(48)67-61(49)51/h1-6,8-9,11-14,16,18-19,21-25,27-30,36-39,41,45,62-63H,7,10,15,17,20,26,31-35H2. The van der Waals surface area contributed by atoms with Gasteiger partial charge in [0.25, 0.3) is 0 Å². The predicted octanol–water partition coefficient (Wildman–Crippen LogP) is 14.9. The molecule has 6 aromatic rings. The largest absolute Gasteiger partial charge is 0.456 e. The molecule has 3 aromatic carbocycles. The van der Waals surface area contributed by atoms with Gasteiger partial charge in [-0.3, -0.25) is 0 Å². The molecule has 67 heavy (non-hydrogen) atoms. The number of anilines is 1. The number of hydrogen-bond acceptors (Lipinski definition) is 3. The van der Waals surface area contributed by atoms with Gasteiger partial charge in [-0.1, -0.05) is 128 Å². The fourth-order valence-electron chi connectivity index (χ4n) is 12.8. The SMILES string of the molecule is C1=CCC(C2=CCC(C3=CC(n4c5c(c6ccccc64)C=C(C4=Cc6c7c(n(C8N=C(c9cccc%10c%11c(oc9%10)C=CCC%11)c9ccccc9N8)c6CC4)CCC=C7)CC5)CC=C3)C=C2)C=C1. The van der Waals surface area contributed by atoms with Crippen LogP contribution in [0.1, 0.15) is 114 Å². The summed E-state index contributed by atoms with van der Waals surface area (Å²) in [6.45, 7) is 0. The molecule has 0 radical (unpaired) electrons. The molecule has 0 fully saturated rings. The van der Waals surface area contributed by atoms with E-state index in [1.807, 2.05) is 0 Å². The highest BCUT2D eigenvalue weighted by Gasteiger charge is 2.34. The first-order valence-electron chi connectivity index (χ1n) is 24.9. The Kier molecular flexibility index (Phi) is 9.20. The molecule has 7 aliphatic carbocycles. The molecule has 5 heteroatoms. The zero-order chi connectivity index (χ0) is 44.0. The van der Waals surface area contributed by atoms with Crippen molar-refractivity contribution in [3.63, 3.8) is 0 Å². The quantitative estimate of drug-likeness (QED) is 0.181. The number of furan rings is 1. The van der Waals surface area contributed by atoms with E-state index in [1.165, 1.54) is 77.9 Å². The van der Waals surface area contributed by atoms with Crippen molar-refractivity contribution >= 4 is 57.6 Å². The summed E-state index contributed by atoms with van der Waals surface area (Å²) in [4.78, 5) is 5.68. The van der Waals surface area contributed by atoms with Crippen LogP contribution < -0.4 is 5.32 Å². The Morgan fingerprint density at radius 2 is 1.37 bits per heavy atom. The Morgan fingerprint density at radius 1 is 0.582 bits per heavy atom. The number of para-hydroxylation sites is 3. The number of hydrogen-bond donors (Lipinski definition) is 1. The number of fused-ring (bicyclic) bond motifs is 10. The van der Waals surface area contributed by atoms with Gasteiger partial charge in [-0.2, -0.15) is 0 Å². The lowest BCUT2D eigenvalue weighted by atomic mass is 9.82. The highest BCUT2D eigenvalue weighted by atomic mass is 16.3. The zero-order valence-electron chi connectivity index (χ0n) is 37.9. The summed E-state index contributed by atoms with van der Waals surface area (Å²) in [5, 5.41) is 6.51. The summed E-state index contributed by atoms with van der Waals surface area (Å²) >= 11 is 0. The maximum atomic E-state index is 6.66. The summed E-state index contributed by atoms with van der Waals surface area (Å²) < 4.78 is 11.9. The first kappa shape index (κ1) is 39.1. The molecule has 0 amide bonds. The third-order valence-corrected chi connectivity index (χ3v) is 16.0. The van der Waals surface area contributed by atoms with E-state index in [2.05, 4.69) is 178 Å². The van der Waals surface area contributed by atoms with E-state index in [0.29, 0.717) is 17.9 Å². The molecule has 8 aliphatic rings. The van der Waals surface area contributed by atoms with Gasteiger partial charge >= 0.3 is 0 Å². The number of nitrogens with zero attached hydrogens (tertiary/aromatic N) is 3. The zero-order valence-corrected chi connectivity index (χ0v) is 37.9. The van der Waals surface area contributed by atoms with Gasteiger partial charge in [-0.25, -0.2) is 4.99 Å². The molecule has 1 aliphatic heterocycles. The first-order chi connectivity index (χ1) is 33.2. The number of benzene rings is 3. The normalized spacial score (nSPS) is 23.4. The van der Waals surface area contributed by atoms with Crippen LogP contribution in [0.15, 0.2) is 171 Å². The van der Waals surface area contributed by atoms with Crippen LogP contribution in [-0.4, -0.2) is 14.8 Å². The minimum atomic E-state index is -0.268. The average molecular weight is 871 g/mol. The molecule has 1 N–H and O–H groups in total. The van der Waals surface area contributed by atoms with E-state index in [-0.39, 0.29) is 6.29 Å². The van der Waals surface area contributed by atoms with Crippen LogP contribution in [0.2, 0.25) is 0 Å². The Hall–Kier alpha value is -7.11. The Morgan fingerprint density at radius 3 is 2.27 bits per heavy atom. The Balaban J connectivity index is 0.814. The van der Waals surface area contributed by atoms with E-state index in [0.717, 1.165) is 104 Å². The average Bonchev–Trinajstić information content (AvgIpc) is 4.06. The maximum Gasteiger partial charge on any atom is 0.201 e. The number of aromatic nitrogens is 2. The van der Waals surface area contributed by atoms with Gasteiger partial charge in [0.05, 0.1) is 11.8 Å². The van der Waals surface area contributed by atoms with Crippen LogP contribution in [-0.2, 0) is 25.7 Å². The molecule has 0 saturated carbocycles. The van der Waals surface area contributed by atoms with E-state index in [9.17, 15) is 0 Å². The van der Waals surface area contributed by atoms with Crippen molar-refractivity contribution in [3.05, 3.63) is 218 Å². The molecule has 14 rings (SSSR count). The molecular weight excluding hydrogens is 817 g/mol. The fourth-order valence-corrected chi connectivity index (χ4v) is 12.8. The molecule has 3 aromatic heterocycles. The monoisotopic (exact) mass is 870 g/mol. The van der Waals surface area contributed by atoms with Crippen molar-refractivity contribution in [2.75, 3.05) is 5.32 Å². The van der Waals surface area contributed by atoms with Gasteiger partial charge < -0.3 is 18.9 Å². The van der Waals surface area contributed by atoms with Crippen LogP contribution in [0.25, 0.3) is 46.2 Å². The number of aryl methyl sites for hydroxylation is 1. The lowest BCUT2D eigenvalue weighted by Gasteiger charge is -2.30. The molecular formula is C62H54N4O. The van der Waals surface area contributed by atoms with Crippen molar-refractivity contribution in [2.24, 2.45) is 16.8 Å². The molecule has 5 nitrogen and oxygen atoms in total. The second kappa shape index (κ2) is 15.8. The van der Waals surface area contributed by atoms with Crippen LogP contribution in [0.3, 0.4) is 0 Å². The topological polar surface area (TPSA) is 47.4 Å². The second-order valence-corrected chi connectivity index (χ2v) is 19.7. The molecule has 0 bridgehead atoms. The first-order valence-corrected chi connectivity index (χ1v) is 24.9. The Labute approximate surface area is 392 Å². The lowest BCUT2D eigenvalue weighted by molar-refractivity contribution is 0.536. The van der Waals surface area contributed by atoms with Crippen molar-refractivity contribution in [1.29, 1.82) is 0 Å². The third kappa shape index (κ3) is 6.38. The summed E-state index contributed by atoms with van der Waals surface area (Å²) in [7, 11) is 0. The molecule has 4 atom stereocenters. The van der Waals surface area contributed by atoms with Crippen LogP contribution in [0.5, 0.6) is 0 Å². The van der Waals surface area contributed by atoms with Crippen LogP contribution in [0, 0.1) is 11.8 Å². The van der Waals surface area contributed by atoms with Crippen molar-refractivity contribution < 1.29 is 4.42 Å². The van der Waals surface area contributed by atoms with Crippen LogP contribution in [0.4, 0.5) is 5.69 Å². The van der Waals surface area contributed by atoms with Gasteiger partial charge in [0.2, 0.25) is 6.29 Å².